The maximum atomic E-state index is 14.6. The molecule has 4 rings (SSSR count). The third-order valence-electron chi connectivity index (χ3n) is 6.64. The van der Waals surface area contributed by atoms with E-state index in [-0.39, 0.29) is 11.6 Å². The molecule has 0 radical (unpaired) electrons. The fraction of sp³-hybridized carbons (Fsp3) is 0.682. The summed E-state index contributed by atoms with van der Waals surface area (Å²) in [7, 11) is 0. The molecule has 0 bridgehead atoms. The summed E-state index contributed by atoms with van der Waals surface area (Å²) in [5.41, 5.74) is -0.653. The number of benzene rings is 1. The fourth-order valence-corrected chi connectivity index (χ4v) is 5.27. The first-order valence-electron chi connectivity index (χ1n) is 10.6. The van der Waals surface area contributed by atoms with Crippen LogP contribution in [0.2, 0.25) is 0 Å². The number of nitrogens with zero attached hydrogens (tertiary/aromatic N) is 2. The van der Waals surface area contributed by atoms with E-state index in [0.717, 1.165) is 44.5 Å². The number of fused-ring (bicyclic) bond motifs is 1. The zero-order chi connectivity index (χ0) is 21.6. The van der Waals surface area contributed by atoms with Crippen molar-refractivity contribution in [2.75, 3.05) is 32.9 Å². The Morgan fingerprint density at radius 3 is 2.43 bits per heavy atom. The van der Waals surface area contributed by atoms with Gasteiger partial charge in [-0.1, -0.05) is 0 Å². The van der Waals surface area contributed by atoms with Crippen LogP contribution in [0.25, 0.3) is 0 Å². The lowest BCUT2D eigenvalue weighted by Gasteiger charge is -2.48. The second-order valence-electron chi connectivity index (χ2n) is 9.71. The molecular weight excluding hydrogens is 394 g/mol. The highest BCUT2D eigenvalue weighted by Gasteiger charge is 2.47. The molecule has 0 aliphatic carbocycles. The summed E-state index contributed by atoms with van der Waals surface area (Å²) >= 11 is 0. The Morgan fingerprint density at radius 1 is 1.17 bits per heavy atom. The van der Waals surface area contributed by atoms with Crippen LogP contribution in [-0.2, 0) is 9.47 Å². The normalized spacial score (nSPS) is 32.2. The van der Waals surface area contributed by atoms with Gasteiger partial charge in [0.1, 0.15) is 17.7 Å². The first kappa shape index (κ1) is 21.5. The first-order valence-corrected chi connectivity index (χ1v) is 10.6. The Bertz CT molecular complexity index is 788. The van der Waals surface area contributed by atoms with Crippen molar-refractivity contribution in [3.63, 3.8) is 0 Å². The average Bonchev–Trinajstić information content (AvgIpc) is 3.24. The molecule has 1 aromatic carbocycles. The molecule has 0 saturated carbocycles. The standard InChI is InChI=1S/C22H30F2N2O4/c1-22(2,3)26(21(27)28)19-7-16(25-8-13-10-29-11-14(13)9-25)12-30-20(19)17-6-15(23)4-5-18(17)24/h4-6,13-14,16,19-20H,7-12H2,1-3H3,(H,27,28)/t13?,14?,16-,19+,20-/m1/s1. The van der Waals surface area contributed by atoms with Gasteiger partial charge in [0.25, 0.3) is 0 Å². The van der Waals surface area contributed by atoms with Crippen molar-refractivity contribution in [2.24, 2.45) is 11.8 Å². The van der Waals surface area contributed by atoms with Crippen LogP contribution in [0, 0.1) is 23.5 Å². The summed E-state index contributed by atoms with van der Waals surface area (Å²) in [4.78, 5) is 15.9. The van der Waals surface area contributed by atoms with Crippen LogP contribution >= 0.6 is 0 Å². The third-order valence-corrected chi connectivity index (χ3v) is 6.64. The quantitative estimate of drug-likeness (QED) is 0.805. The van der Waals surface area contributed by atoms with Crippen molar-refractivity contribution >= 4 is 6.09 Å². The van der Waals surface area contributed by atoms with Crippen LogP contribution in [-0.4, -0.2) is 71.5 Å². The molecule has 1 amide bonds. The third kappa shape index (κ3) is 4.05. The van der Waals surface area contributed by atoms with E-state index < -0.39 is 35.4 Å². The molecule has 5 atom stereocenters. The second-order valence-corrected chi connectivity index (χ2v) is 9.71. The largest absolute Gasteiger partial charge is 0.465 e. The van der Waals surface area contributed by atoms with Crippen LogP contribution in [0.15, 0.2) is 18.2 Å². The van der Waals surface area contributed by atoms with Crippen LogP contribution < -0.4 is 0 Å². The van der Waals surface area contributed by atoms with E-state index in [2.05, 4.69) is 4.90 Å². The molecule has 6 nitrogen and oxygen atoms in total. The monoisotopic (exact) mass is 424 g/mol. The molecular formula is C22H30F2N2O4. The zero-order valence-electron chi connectivity index (χ0n) is 17.7. The lowest BCUT2D eigenvalue weighted by Crippen LogP contribution is -2.58. The Morgan fingerprint density at radius 2 is 1.83 bits per heavy atom. The average molecular weight is 424 g/mol. The molecule has 1 aromatic rings. The van der Waals surface area contributed by atoms with Gasteiger partial charge in [-0.2, -0.15) is 0 Å². The van der Waals surface area contributed by atoms with Crippen LogP contribution in [0.5, 0.6) is 0 Å². The minimum atomic E-state index is -1.09. The summed E-state index contributed by atoms with van der Waals surface area (Å²) in [5.74, 6) is -0.155. The number of carbonyl (C=O) groups is 1. The fourth-order valence-electron chi connectivity index (χ4n) is 5.27. The van der Waals surface area contributed by atoms with E-state index in [1.165, 1.54) is 4.90 Å². The molecule has 3 aliphatic heterocycles. The highest BCUT2D eigenvalue weighted by molar-refractivity contribution is 5.66. The highest BCUT2D eigenvalue weighted by atomic mass is 19.1. The van der Waals surface area contributed by atoms with Gasteiger partial charge in [-0.05, 0) is 45.4 Å². The zero-order valence-corrected chi connectivity index (χ0v) is 17.7. The first-order chi connectivity index (χ1) is 14.1. The maximum absolute atomic E-state index is 14.6. The minimum Gasteiger partial charge on any atom is -0.465 e. The van der Waals surface area contributed by atoms with Gasteiger partial charge in [0.2, 0.25) is 0 Å². The van der Waals surface area contributed by atoms with E-state index >= 15 is 0 Å². The van der Waals surface area contributed by atoms with Gasteiger partial charge in [0.15, 0.2) is 0 Å². The van der Waals surface area contributed by atoms with Crippen LogP contribution in [0.4, 0.5) is 13.6 Å². The van der Waals surface area contributed by atoms with Crippen molar-refractivity contribution in [1.29, 1.82) is 0 Å². The van der Waals surface area contributed by atoms with E-state index in [0.29, 0.717) is 24.9 Å². The molecule has 3 heterocycles. The number of likely N-dealkylation sites (tertiary alicyclic amines) is 1. The maximum Gasteiger partial charge on any atom is 0.408 e. The SMILES string of the molecule is CC(C)(C)N(C(=O)O)[C@H]1C[C@@H](N2CC3COCC3C2)CO[C@@H]1c1cc(F)ccc1F. The predicted octanol–water partition coefficient (Wildman–Crippen LogP) is 3.52. The number of hydrogen-bond donors (Lipinski definition) is 1. The number of hydrogen-bond acceptors (Lipinski definition) is 4. The topological polar surface area (TPSA) is 62.2 Å². The minimum absolute atomic E-state index is 0.0256. The number of carboxylic acid groups (broad SMARTS) is 1. The van der Waals surface area contributed by atoms with Gasteiger partial charge in [0.05, 0.1) is 25.9 Å². The van der Waals surface area contributed by atoms with E-state index in [4.69, 9.17) is 9.47 Å². The Labute approximate surface area is 175 Å². The Balaban J connectivity index is 1.64. The summed E-state index contributed by atoms with van der Waals surface area (Å²) < 4.78 is 40.2. The number of rotatable bonds is 3. The molecule has 2 unspecified atom stereocenters. The number of halogens is 2. The van der Waals surface area contributed by atoms with E-state index in [1.54, 1.807) is 20.8 Å². The summed E-state index contributed by atoms with van der Waals surface area (Å²) in [6.07, 6.45) is -1.45. The molecule has 0 aromatic heterocycles. The predicted molar refractivity (Wildman–Crippen MR) is 106 cm³/mol. The number of amides is 1. The number of ether oxygens (including phenoxy) is 2. The van der Waals surface area contributed by atoms with Gasteiger partial charge in [-0.3, -0.25) is 9.80 Å². The van der Waals surface area contributed by atoms with Gasteiger partial charge in [0, 0.05) is 42.1 Å². The van der Waals surface area contributed by atoms with Crippen molar-refractivity contribution in [1.82, 2.24) is 9.80 Å². The van der Waals surface area contributed by atoms with Crippen LogP contribution in [0.1, 0.15) is 38.9 Å². The highest BCUT2D eigenvalue weighted by Crippen LogP contribution is 2.40. The van der Waals surface area contributed by atoms with Gasteiger partial charge in [-0.25, -0.2) is 13.6 Å². The molecule has 166 valence electrons. The van der Waals surface area contributed by atoms with Crippen LogP contribution in [0.3, 0.4) is 0 Å². The molecule has 0 spiro atoms. The van der Waals surface area contributed by atoms with Crippen molar-refractivity contribution in [2.45, 2.75) is 50.9 Å². The van der Waals surface area contributed by atoms with E-state index in [1.807, 2.05) is 0 Å². The second kappa shape index (κ2) is 8.05. The lowest BCUT2D eigenvalue weighted by atomic mass is 9.88. The van der Waals surface area contributed by atoms with Crippen molar-refractivity contribution < 1.29 is 28.2 Å². The van der Waals surface area contributed by atoms with Gasteiger partial charge >= 0.3 is 6.09 Å². The molecule has 1 N–H and O–H groups in total. The van der Waals surface area contributed by atoms with Gasteiger partial charge < -0.3 is 14.6 Å². The summed E-state index contributed by atoms with van der Waals surface area (Å²) in [6, 6.07) is 2.64. The van der Waals surface area contributed by atoms with E-state index in [9.17, 15) is 18.7 Å². The Hall–Kier alpha value is -1.77. The molecule has 3 aliphatic rings. The van der Waals surface area contributed by atoms with Crippen molar-refractivity contribution in [3.05, 3.63) is 35.4 Å². The van der Waals surface area contributed by atoms with Crippen molar-refractivity contribution in [3.8, 4) is 0 Å². The molecule has 3 fully saturated rings. The molecule has 3 saturated heterocycles. The lowest BCUT2D eigenvalue weighted by molar-refractivity contribution is -0.1000. The van der Waals surface area contributed by atoms with Gasteiger partial charge in [-0.15, -0.1) is 0 Å². The Kier molecular flexibility index (Phi) is 5.76. The molecule has 8 heteroatoms. The molecule has 30 heavy (non-hydrogen) atoms. The summed E-state index contributed by atoms with van der Waals surface area (Å²) in [6.45, 7) is 9.09. The summed E-state index contributed by atoms with van der Waals surface area (Å²) in [5, 5.41) is 10.0. The smallest absolute Gasteiger partial charge is 0.408 e.